The molecule has 1 aromatic rings. The summed E-state index contributed by atoms with van der Waals surface area (Å²) in [6.07, 6.45) is 2.93. The second-order valence-corrected chi connectivity index (χ2v) is 6.87. The van der Waals surface area contributed by atoms with E-state index in [9.17, 15) is 8.42 Å². The predicted octanol–water partition coefficient (Wildman–Crippen LogP) is 3.20. The highest BCUT2D eigenvalue weighted by Crippen LogP contribution is 2.25. The molecule has 0 aliphatic carbocycles. The molecule has 0 amide bonds. The number of pyridine rings is 1. The fraction of sp³-hybridized carbons (Fsp3) is 0.545. The summed E-state index contributed by atoms with van der Waals surface area (Å²) in [5.41, 5.74) is 0. The average molecular weight is 311 g/mol. The van der Waals surface area contributed by atoms with Crippen molar-refractivity contribution < 1.29 is 8.42 Å². The molecule has 0 saturated heterocycles. The number of aromatic nitrogens is 1. The second-order valence-electron chi connectivity index (χ2n) is 4.10. The van der Waals surface area contributed by atoms with Gasteiger partial charge in [0.15, 0.2) is 0 Å². The van der Waals surface area contributed by atoms with Crippen molar-refractivity contribution in [1.82, 2.24) is 9.29 Å². The molecule has 4 nitrogen and oxygen atoms in total. The van der Waals surface area contributed by atoms with Crippen LogP contribution in [0.3, 0.4) is 0 Å². The molecule has 102 valence electrons. The normalized spacial score (nSPS) is 13.9. The van der Waals surface area contributed by atoms with Crippen LogP contribution in [0.15, 0.2) is 17.2 Å². The number of sulfonamides is 1. The average Bonchev–Trinajstić information content (AvgIpc) is 2.31. The fourth-order valence-corrected chi connectivity index (χ4v) is 3.25. The highest BCUT2D eigenvalue weighted by Gasteiger charge is 2.25. The Morgan fingerprint density at radius 1 is 1.44 bits per heavy atom. The van der Waals surface area contributed by atoms with Gasteiger partial charge >= 0.3 is 0 Å². The molecule has 0 bridgehead atoms. The van der Waals surface area contributed by atoms with Gasteiger partial charge in [0.05, 0.1) is 5.02 Å². The topological polar surface area (TPSA) is 50.3 Å². The third-order valence-corrected chi connectivity index (χ3v) is 5.40. The summed E-state index contributed by atoms with van der Waals surface area (Å²) in [7, 11) is -2.02. The van der Waals surface area contributed by atoms with Gasteiger partial charge in [-0.2, -0.15) is 4.31 Å². The molecule has 0 aromatic carbocycles. The van der Waals surface area contributed by atoms with Crippen LogP contribution in [0.4, 0.5) is 0 Å². The van der Waals surface area contributed by atoms with Gasteiger partial charge in [0.2, 0.25) is 10.0 Å². The first-order valence-electron chi connectivity index (χ1n) is 5.59. The summed E-state index contributed by atoms with van der Waals surface area (Å²) < 4.78 is 25.9. The summed E-state index contributed by atoms with van der Waals surface area (Å²) in [6, 6.07) is 1.25. The van der Waals surface area contributed by atoms with Gasteiger partial charge in [-0.3, -0.25) is 0 Å². The minimum Gasteiger partial charge on any atom is -0.242 e. The first kappa shape index (κ1) is 15.7. The number of rotatable bonds is 5. The molecule has 0 fully saturated rings. The van der Waals surface area contributed by atoms with E-state index in [4.69, 9.17) is 23.2 Å². The Hall–Kier alpha value is -0.360. The maximum atomic E-state index is 12.3. The lowest BCUT2D eigenvalue weighted by atomic mass is 10.2. The molecule has 1 unspecified atom stereocenters. The van der Waals surface area contributed by atoms with Crippen molar-refractivity contribution in [3.63, 3.8) is 0 Å². The van der Waals surface area contributed by atoms with E-state index < -0.39 is 10.0 Å². The Labute approximate surface area is 118 Å². The number of nitrogens with zero attached hydrogens (tertiary/aromatic N) is 2. The zero-order chi connectivity index (χ0) is 13.9. The highest BCUT2D eigenvalue weighted by molar-refractivity contribution is 7.89. The van der Waals surface area contributed by atoms with Crippen molar-refractivity contribution in [2.75, 3.05) is 7.05 Å². The maximum absolute atomic E-state index is 12.3. The molecule has 0 N–H and O–H groups in total. The Morgan fingerprint density at radius 2 is 2.06 bits per heavy atom. The molecule has 0 aliphatic rings. The second kappa shape index (κ2) is 6.19. The van der Waals surface area contributed by atoms with Crippen LogP contribution < -0.4 is 0 Å². The van der Waals surface area contributed by atoms with Gasteiger partial charge in [-0.1, -0.05) is 36.5 Å². The van der Waals surface area contributed by atoms with E-state index in [1.165, 1.54) is 16.6 Å². The first-order chi connectivity index (χ1) is 8.30. The van der Waals surface area contributed by atoms with Gasteiger partial charge < -0.3 is 0 Å². The van der Waals surface area contributed by atoms with Crippen molar-refractivity contribution in [2.45, 2.75) is 37.6 Å². The lowest BCUT2D eigenvalue weighted by Gasteiger charge is -2.23. The monoisotopic (exact) mass is 310 g/mol. The van der Waals surface area contributed by atoms with Gasteiger partial charge in [0.1, 0.15) is 10.0 Å². The first-order valence-corrected chi connectivity index (χ1v) is 7.79. The summed E-state index contributed by atoms with van der Waals surface area (Å²) in [5, 5.41) is 0.231. The summed E-state index contributed by atoms with van der Waals surface area (Å²) in [5.74, 6) is 0. The van der Waals surface area contributed by atoms with Crippen molar-refractivity contribution >= 4 is 33.2 Å². The van der Waals surface area contributed by atoms with E-state index in [2.05, 4.69) is 4.98 Å². The van der Waals surface area contributed by atoms with Crippen molar-refractivity contribution in [3.05, 3.63) is 22.4 Å². The van der Waals surface area contributed by atoms with Crippen LogP contribution in [-0.4, -0.2) is 30.8 Å². The quantitative estimate of drug-likeness (QED) is 0.785. The molecule has 0 aliphatic heterocycles. The van der Waals surface area contributed by atoms with Crippen LogP contribution >= 0.6 is 23.2 Å². The molecule has 0 radical (unpaired) electrons. The minimum absolute atomic E-state index is 0.0577. The van der Waals surface area contributed by atoms with E-state index in [0.717, 1.165) is 12.8 Å². The highest BCUT2D eigenvalue weighted by atomic mass is 35.5. The molecule has 1 heterocycles. The van der Waals surface area contributed by atoms with Gasteiger partial charge in [0.25, 0.3) is 0 Å². The third-order valence-electron chi connectivity index (χ3n) is 2.78. The van der Waals surface area contributed by atoms with Crippen molar-refractivity contribution in [2.24, 2.45) is 0 Å². The number of hydrogen-bond donors (Lipinski definition) is 0. The maximum Gasteiger partial charge on any atom is 0.244 e. The number of hydrogen-bond acceptors (Lipinski definition) is 3. The molecule has 0 saturated carbocycles. The molecule has 0 spiro atoms. The molecule has 1 aromatic heterocycles. The van der Waals surface area contributed by atoms with Crippen LogP contribution in [0, 0.1) is 0 Å². The van der Waals surface area contributed by atoms with Crippen LogP contribution in [0.2, 0.25) is 10.2 Å². The zero-order valence-corrected chi connectivity index (χ0v) is 12.8. The van der Waals surface area contributed by atoms with Crippen molar-refractivity contribution in [1.29, 1.82) is 0 Å². The molecule has 18 heavy (non-hydrogen) atoms. The summed E-state index contributed by atoms with van der Waals surface area (Å²) in [4.78, 5) is 3.82. The van der Waals surface area contributed by atoms with E-state index in [-0.39, 0.29) is 21.1 Å². The van der Waals surface area contributed by atoms with E-state index in [1.54, 1.807) is 7.05 Å². The largest absolute Gasteiger partial charge is 0.244 e. The Morgan fingerprint density at radius 3 is 2.56 bits per heavy atom. The SMILES string of the molecule is CCCC(C)N(C)S(=O)(=O)c1cnc(Cl)c(Cl)c1. The lowest BCUT2D eigenvalue weighted by Crippen LogP contribution is -2.35. The molecule has 7 heteroatoms. The van der Waals surface area contributed by atoms with E-state index in [0.29, 0.717) is 0 Å². The van der Waals surface area contributed by atoms with Crippen LogP contribution in [-0.2, 0) is 10.0 Å². The van der Waals surface area contributed by atoms with Crippen LogP contribution in [0.5, 0.6) is 0 Å². The molecule has 1 atom stereocenters. The van der Waals surface area contributed by atoms with Gasteiger partial charge in [-0.25, -0.2) is 13.4 Å². The zero-order valence-electron chi connectivity index (χ0n) is 10.5. The van der Waals surface area contributed by atoms with E-state index in [1.807, 2.05) is 13.8 Å². The van der Waals surface area contributed by atoms with Crippen LogP contribution in [0.1, 0.15) is 26.7 Å². The van der Waals surface area contributed by atoms with Gasteiger partial charge in [-0.05, 0) is 19.4 Å². The molecular formula is C11H16Cl2N2O2S. The standard InChI is InChI=1S/C11H16Cl2N2O2S/c1-4-5-8(2)15(3)18(16,17)9-6-10(12)11(13)14-7-9/h6-8H,4-5H2,1-3H3. The Balaban J connectivity index is 3.09. The summed E-state index contributed by atoms with van der Waals surface area (Å²) in [6.45, 7) is 3.88. The van der Waals surface area contributed by atoms with Gasteiger partial charge in [-0.15, -0.1) is 0 Å². The third kappa shape index (κ3) is 3.35. The molecule has 1 rings (SSSR count). The Bertz CT molecular complexity index is 520. The lowest BCUT2D eigenvalue weighted by molar-refractivity contribution is 0.368. The molecular weight excluding hydrogens is 295 g/mol. The predicted molar refractivity (Wildman–Crippen MR) is 73.6 cm³/mol. The summed E-state index contributed by atoms with van der Waals surface area (Å²) >= 11 is 11.5. The Kier molecular flexibility index (Phi) is 5.40. The van der Waals surface area contributed by atoms with Crippen LogP contribution in [0.25, 0.3) is 0 Å². The minimum atomic E-state index is -3.57. The fourth-order valence-electron chi connectivity index (χ4n) is 1.55. The van der Waals surface area contributed by atoms with Gasteiger partial charge in [0, 0.05) is 19.3 Å². The smallest absolute Gasteiger partial charge is 0.242 e. The number of halogens is 2. The van der Waals surface area contributed by atoms with Crippen molar-refractivity contribution in [3.8, 4) is 0 Å². The van der Waals surface area contributed by atoms with E-state index >= 15 is 0 Å².